The molecule has 2 aromatic heterocycles. The molecular weight excluding hydrogens is 206 g/mol. The van der Waals surface area contributed by atoms with E-state index in [-0.39, 0.29) is 0 Å². The van der Waals surface area contributed by atoms with Crippen LogP contribution in [-0.2, 0) is 0 Å². The Morgan fingerprint density at radius 3 is 3.20 bits per heavy atom. The Hall–Kier alpha value is -1.13. The van der Waals surface area contributed by atoms with Crippen LogP contribution in [0.2, 0.25) is 0 Å². The molecule has 1 aliphatic heterocycles. The molecule has 1 fully saturated rings. The fraction of sp³-hybridized carbons (Fsp3) is 0.364. The van der Waals surface area contributed by atoms with E-state index in [1.54, 1.807) is 11.3 Å². The molecule has 0 aliphatic carbocycles. The lowest BCUT2D eigenvalue weighted by atomic mass is 10.1. The number of H-pyrrole nitrogens is 1. The lowest BCUT2D eigenvalue weighted by Gasteiger charge is -2.05. The zero-order valence-electron chi connectivity index (χ0n) is 8.36. The third kappa shape index (κ3) is 1.70. The highest BCUT2D eigenvalue weighted by Crippen LogP contribution is 2.27. The van der Waals surface area contributed by atoms with Gasteiger partial charge < -0.3 is 5.32 Å². The number of thiophene rings is 1. The molecule has 3 rings (SSSR count). The molecule has 0 radical (unpaired) electrons. The molecule has 3 nitrogen and oxygen atoms in total. The van der Waals surface area contributed by atoms with Crippen molar-refractivity contribution in [2.45, 2.75) is 18.9 Å². The summed E-state index contributed by atoms with van der Waals surface area (Å²) in [7, 11) is 0. The Bertz CT molecular complexity index is 426. The number of aromatic amines is 1. The Labute approximate surface area is 92.5 Å². The molecule has 1 saturated heterocycles. The zero-order valence-corrected chi connectivity index (χ0v) is 9.18. The van der Waals surface area contributed by atoms with E-state index in [1.165, 1.54) is 23.4 Å². The minimum atomic E-state index is 0.478. The largest absolute Gasteiger partial charge is 0.309 e. The Kier molecular flexibility index (Phi) is 2.31. The standard InChI is InChI=1S/C11H13N3S/c1-3-8(12-5-1)9-7-10(14-13-9)11-4-2-6-15-11/h2,4,6-8,12H,1,3,5H2,(H,13,14). The molecule has 78 valence electrons. The number of rotatable bonds is 2. The van der Waals surface area contributed by atoms with E-state index in [9.17, 15) is 0 Å². The topological polar surface area (TPSA) is 40.7 Å². The average molecular weight is 219 g/mol. The van der Waals surface area contributed by atoms with E-state index in [0.29, 0.717) is 6.04 Å². The first-order valence-electron chi connectivity index (χ1n) is 5.26. The second kappa shape index (κ2) is 3.79. The van der Waals surface area contributed by atoms with Crippen molar-refractivity contribution >= 4 is 11.3 Å². The van der Waals surface area contributed by atoms with Crippen molar-refractivity contribution in [2.75, 3.05) is 6.54 Å². The minimum absolute atomic E-state index is 0.478. The second-order valence-corrected chi connectivity index (χ2v) is 4.78. The quantitative estimate of drug-likeness (QED) is 0.815. The van der Waals surface area contributed by atoms with Gasteiger partial charge in [0.2, 0.25) is 0 Å². The molecule has 0 bridgehead atoms. The summed E-state index contributed by atoms with van der Waals surface area (Å²) in [5.41, 5.74) is 2.28. The number of aromatic nitrogens is 2. The first-order chi connectivity index (χ1) is 7.43. The van der Waals surface area contributed by atoms with Crippen LogP contribution in [0.25, 0.3) is 10.6 Å². The molecular formula is C11H13N3S. The summed E-state index contributed by atoms with van der Waals surface area (Å²) in [6, 6.07) is 6.80. The van der Waals surface area contributed by atoms with Crippen LogP contribution in [-0.4, -0.2) is 16.7 Å². The fourth-order valence-corrected chi connectivity index (χ4v) is 2.70. The van der Waals surface area contributed by atoms with Crippen LogP contribution < -0.4 is 5.32 Å². The van der Waals surface area contributed by atoms with E-state index < -0.39 is 0 Å². The summed E-state index contributed by atoms with van der Waals surface area (Å²) in [6.45, 7) is 1.12. The van der Waals surface area contributed by atoms with Crippen LogP contribution in [0.3, 0.4) is 0 Å². The summed E-state index contributed by atoms with van der Waals surface area (Å²) < 4.78 is 0. The van der Waals surface area contributed by atoms with Gasteiger partial charge >= 0.3 is 0 Å². The molecule has 3 heterocycles. The van der Waals surface area contributed by atoms with Crippen LogP contribution in [0.4, 0.5) is 0 Å². The fourth-order valence-electron chi connectivity index (χ4n) is 2.02. The van der Waals surface area contributed by atoms with Gasteiger partial charge in [0.25, 0.3) is 0 Å². The van der Waals surface area contributed by atoms with E-state index in [4.69, 9.17) is 0 Å². The second-order valence-electron chi connectivity index (χ2n) is 3.83. The first-order valence-corrected chi connectivity index (χ1v) is 6.14. The van der Waals surface area contributed by atoms with Gasteiger partial charge in [-0.1, -0.05) is 6.07 Å². The number of nitrogens with zero attached hydrogens (tertiary/aromatic N) is 1. The van der Waals surface area contributed by atoms with Gasteiger partial charge in [0.05, 0.1) is 10.6 Å². The summed E-state index contributed by atoms with van der Waals surface area (Å²) in [4.78, 5) is 1.23. The van der Waals surface area contributed by atoms with Crippen molar-refractivity contribution in [3.63, 3.8) is 0 Å². The lowest BCUT2D eigenvalue weighted by molar-refractivity contribution is 0.625. The highest BCUT2D eigenvalue weighted by molar-refractivity contribution is 7.13. The minimum Gasteiger partial charge on any atom is -0.309 e. The van der Waals surface area contributed by atoms with Crippen molar-refractivity contribution in [3.05, 3.63) is 29.3 Å². The third-order valence-corrected chi connectivity index (χ3v) is 3.70. The molecule has 1 unspecified atom stereocenters. The monoisotopic (exact) mass is 219 g/mol. The maximum Gasteiger partial charge on any atom is 0.102 e. The Balaban J connectivity index is 1.87. The molecule has 15 heavy (non-hydrogen) atoms. The zero-order chi connectivity index (χ0) is 10.1. The predicted molar refractivity (Wildman–Crippen MR) is 61.9 cm³/mol. The van der Waals surface area contributed by atoms with Gasteiger partial charge in [-0.15, -0.1) is 11.3 Å². The highest BCUT2D eigenvalue weighted by Gasteiger charge is 2.18. The first kappa shape index (κ1) is 9.12. The van der Waals surface area contributed by atoms with Crippen LogP contribution in [0.5, 0.6) is 0 Å². The van der Waals surface area contributed by atoms with Gasteiger partial charge in [0.15, 0.2) is 0 Å². The smallest absolute Gasteiger partial charge is 0.102 e. The normalized spacial score (nSPS) is 20.9. The maximum absolute atomic E-state index is 4.35. The van der Waals surface area contributed by atoms with Crippen molar-refractivity contribution in [1.29, 1.82) is 0 Å². The van der Waals surface area contributed by atoms with Crippen LogP contribution >= 0.6 is 11.3 Å². The van der Waals surface area contributed by atoms with Crippen LogP contribution in [0.15, 0.2) is 23.6 Å². The molecule has 2 aromatic rings. The Morgan fingerprint density at radius 1 is 1.47 bits per heavy atom. The molecule has 1 atom stereocenters. The molecule has 0 aromatic carbocycles. The van der Waals surface area contributed by atoms with Gasteiger partial charge in [-0.3, -0.25) is 5.10 Å². The highest BCUT2D eigenvalue weighted by atomic mass is 32.1. The summed E-state index contributed by atoms with van der Waals surface area (Å²) in [5.74, 6) is 0. The number of nitrogens with one attached hydrogen (secondary N) is 2. The van der Waals surface area contributed by atoms with Crippen molar-refractivity contribution < 1.29 is 0 Å². The number of hydrogen-bond acceptors (Lipinski definition) is 3. The van der Waals surface area contributed by atoms with Crippen molar-refractivity contribution in [3.8, 4) is 10.6 Å². The van der Waals surface area contributed by atoms with Gasteiger partial charge in [-0.2, -0.15) is 5.10 Å². The van der Waals surface area contributed by atoms with Gasteiger partial charge in [0.1, 0.15) is 5.69 Å². The lowest BCUT2D eigenvalue weighted by Crippen LogP contribution is -2.12. The summed E-state index contributed by atoms with van der Waals surface area (Å²) in [5, 5.41) is 13.0. The Morgan fingerprint density at radius 2 is 2.47 bits per heavy atom. The van der Waals surface area contributed by atoms with E-state index in [0.717, 1.165) is 12.2 Å². The molecule has 0 spiro atoms. The molecule has 0 saturated carbocycles. The molecule has 2 N–H and O–H groups in total. The summed E-state index contributed by atoms with van der Waals surface area (Å²) in [6.07, 6.45) is 2.48. The van der Waals surface area contributed by atoms with Crippen molar-refractivity contribution in [1.82, 2.24) is 15.5 Å². The summed E-state index contributed by atoms with van der Waals surface area (Å²) >= 11 is 1.73. The third-order valence-electron chi connectivity index (χ3n) is 2.81. The van der Waals surface area contributed by atoms with Gasteiger partial charge in [-0.05, 0) is 36.9 Å². The van der Waals surface area contributed by atoms with E-state index in [2.05, 4.69) is 39.1 Å². The molecule has 0 amide bonds. The van der Waals surface area contributed by atoms with E-state index >= 15 is 0 Å². The molecule has 4 heteroatoms. The van der Waals surface area contributed by atoms with Gasteiger partial charge in [0, 0.05) is 6.04 Å². The SMILES string of the molecule is c1csc(-c2cc(C3CCCN3)[nH]n2)c1. The average Bonchev–Trinajstić information content (AvgIpc) is 3.02. The van der Waals surface area contributed by atoms with Crippen LogP contribution in [0, 0.1) is 0 Å². The number of hydrogen-bond donors (Lipinski definition) is 2. The molecule has 1 aliphatic rings. The van der Waals surface area contributed by atoms with Crippen molar-refractivity contribution in [2.24, 2.45) is 0 Å². The van der Waals surface area contributed by atoms with E-state index in [1.807, 2.05) is 0 Å². The van der Waals surface area contributed by atoms with Crippen LogP contribution in [0.1, 0.15) is 24.6 Å². The predicted octanol–water partition coefficient (Wildman–Crippen LogP) is 2.56. The maximum atomic E-state index is 4.35. The van der Waals surface area contributed by atoms with Gasteiger partial charge in [-0.25, -0.2) is 0 Å².